The maximum atomic E-state index is 12.0. The number of amides is 3. The summed E-state index contributed by atoms with van der Waals surface area (Å²) < 4.78 is 0. The molecular weight excluding hydrogens is 322 g/mol. The maximum absolute atomic E-state index is 12.0. The van der Waals surface area contributed by atoms with Crippen LogP contribution >= 0.6 is 11.3 Å². The van der Waals surface area contributed by atoms with Gasteiger partial charge in [-0.15, -0.1) is 11.3 Å². The lowest BCUT2D eigenvalue weighted by Crippen LogP contribution is -2.44. The third kappa shape index (κ3) is 6.52. The SMILES string of the molecule is CCN(CC(=O)NC(=O)NCCc1cccs1)Cc1ccccc1. The Balaban J connectivity index is 1.69. The smallest absolute Gasteiger partial charge is 0.321 e. The van der Waals surface area contributed by atoms with Gasteiger partial charge in [-0.2, -0.15) is 0 Å². The van der Waals surface area contributed by atoms with Crippen molar-refractivity contribution >= 4 is 23.3 Å². The van der Waals surface area contributed by atoms with Crippen molar-refractivity contribution in [2.75, 3.05) is 19.6 Å². The number of imide groups is 1. The summed E-state index contributed by atoms with van der Waals surface area (Å²) in [4.78, 5) is 26.9. The van der Waals surface area contributed by atoms with Crippen LogP contribution in [0, 0.1) is 0 Å². The van der Waals surface area contributed by atoms with Gasteiger partial charge in [0.05, 0.1) is 6.54 Å². The van der Waals surface area contributed by atoms with E-state index in [9.17, 15) is 9.59 Å². The second kappa shape index (κ2) is 9.85. The quantitative estimate of drug-likeness (QED) is 0.773. The lowest BCUT2D eigenvalue weighted by Gasteiger charge is -2.19. The Morgan fingerprint density at radius 2 is 1.92 bits per heavy atom. The average molecular weight is 345 g/mol. The molecule has 0 saturated heterocycles. The normalized spacial score (nSPS) is 10.6. The van der Waals surface area contributed by atoms with Crippen molar-refractivity contribution in [2.24, 2.45) is 0 Å². The molecule has 128 valence electrons. The summed E-state index contributed by atoms with van der Waals surface area (Å²) in [5.41, 5.74) is 1.15. The number of likely N-dealkylation sites (N-methyl/N-ethyl adjacent to an activating group) is 1. The van der Waals surface area contributed by atoms with E-state index in [1.54, 1.807) is 11.3 Å². The Kier molecular flexibility index (Phi) is 7.45. The number of nitrogens with zero attached hydrogens (tertiary/aromatic N) is 1. The molecule has 0 spiro atoms. The molecule has 1 heterocycles. The highest BCUT2D eigenvalue weighted by atomic mass is 32.1. The molecule has 6 heteroatoms. The maximum Gasteiger partial charge on any atom is 0.321 e. The van der Waals surface area contributed by atoms with Gasteiger partial charge in [0, 0.05) is 18.0 Å². The van der Waals surface area contributed by atoms with Gasteiger partial charge < -0.3 is 5.32 Å². The third-order valence-electron chi connectivity index (χ3n) is 3.55. The number of hydrogen-bond donors (Lipinski definition) is 2. The van der Waals surface area contributed by atoms with Crippen LogP contribution in [0.2, 0.25) is 0 Å². The predicted molar refractivity (Wildman–Crippen MR) is 97.0 cm³/mol. The van der Waals surface area contributed by atoms with Crippen molar-refractivity contribution in [2.45, 2.75) is 19.9 Å². The van der Waals surface area contributed by atoms with E-state index >= 15 is 0 Å². The molecular formula is C18H23N3O2S. The second-order valence-corrected chi connectivity index (χ2v) is 6.45. The molecule has 0 fully saturated rings. The van der Waals surface area contributed by atoms with E-state index in [1.165, 1.54) is 4.88 Å². The Bertz CT molecular complexity index is 629. The van der Waals surface area contributed by atoms with Gasteiger partial charge in [0.2, 0.25) is 5.91 Å². The predicted octanol–water partition coefficient (Wildman–Crippen LogP) is 2.64. The Hall–Kier alpha value is -2.18. The van der Waals surface area contributed by atoms with Crippen LogP contribution in [0.4, 0.5) is 4.79 Å². The molecule has 0 aliphatic rings. The van der Waals surface area contributed by atoms with Crippen LogP contribution in [0.1, 0.15) is 17.4 Å². The number of hydrogen-bond acceptors (Lipinski definition) is 4. The zero-order chi connectivity index (χ0) is 17.2. The zero-order valence-electron chi connectivity index (χ0n) is 13.8. The van der Waals surface area contributed by atoms with Gasteiger partial charge in [-0.25, -0.2) is 4.79 Å². The van der Waals surface area contributed by atoms with E-state index in [-0.39, 0.29) is 12.5 Å². The van der Waals surface area contributed by atoms with Gasteiger partial charge in [-0.05, 0) is 30.0 Å². The van der Waals surface area contributed by atoms with Crippen molar-refractivity contribution < 1.29 is 9.59 Å². The van der Waals surface area contributed by atoms with Crippen molar-refractivity contribution in [3.8, 4) is 0 Å². The summed E-state index contributed by atoms with van der Waals surface area (Å²) in [5.74, 6) is -0.290. The monoisotopic (exact) mass is 345 g/mol. The lowest BCUT2D eigenvalue weighted by molar-refractivity contribution is -0.121. The number of rotatable bonds is 8. The van der Waals surface area contributed by atoms with Crippen LogP contribution in [-0.2, 0) is 17.8 Å². The fraction of sp³-hybridized carbons (Fsp3) is 0.333. The van der Waals surface area contributed by atoms with Crippen molar-refractivity contribution in [3.63, 3.8) is 0 Å². The molecule has 1 aromatic heterocycles. The molecule has 0 saturated carbocycles. The summed E-state index contributed by atoms with van der Waals surface area (Å²) >= 11 is 1.66. The molecule has 0 radical (unpaired) electrons. The molecule has 0 unspecified atom stereocenters. The largest absolute Gasteiger partial charge is 0.337 e. The van der Waals surface area contributed by atoms with E-state index in [0.717, 1.165) is 18.5 Å². The number of carbonyl (C=O) groups excluding carboxylic acids is 2. The summed E-state index contributed by atoms with van der Waals surface area (Å²) in [6, 6.07) is 13.5. The topological polar surface area (TPSA) is 61.4 Å². The molecule has 2 N–H and O–H groups in total. The van der Waals surface area contributed by atoms with Gasteiger partial charge in [-0.3, -0.25) is 15.0 Å². The van der Waals surface area contributed by atoms with Gasteiger partial charge in [-0.1, -0.05) is 43.3 Å². The third-order valence-corrected chi connectivity index (χ3v) is 4.49. The molecule has 0 aliphatic carbocycles. The lowest BCUT2D eigenvalue weighted by atomic mass is 10.2. The van der Waals surface area contributed by atoms with Gasteiger partial charge in [0.25, 0.3) is 0 Å². The molecule has 2 aromatic rings. The minimum atomic E-state index is -0.438. The highest BCUT2D eigenvalue weighted by Crippen LogP contribution is 2.08. The van der Waals surface area contributed by atoms with E-state index in [2.05, 4.69) is 10.6 Å². The van der Waals surface area contributed by atoms with Crippen LogP contribution in [-0.4, -0.2) is 36.5 Å². The first kappa shape index (κ1) is 18.2. The summed E-state index contributed by atoms with van der Waals surface area (Å²) in [6.07, 6.45) is 0.772. The Morgan fingerprint density at radius 1 is 1.12 bits per heavy atom. The molecule has 0 aliphatic heterocycles. The highest BCUT2D eigenvalue weighted by Gasteiger charge is 2.12. The first-order valence-corrected chi connectivity index (χ1v) is 8.91. The summed E-state index contributed by atoms with van der Waals surface area (Å²) in [7, 11) is 0. The first-order valence-electron chi connectivity index (χ1n) is 8.03. The summed E-state index contributed by atoms with van der Waals surface area (Å²) in [6.45, 7) is 4.13. The number of thiophene rings is 1. The van der Waals surface area contributed by atoms with E-state index in [4.69, 9.17) is 0 Å². The van der Waals surface area contributed by atoms with Gasteiger partial charge >= 0.3 is 6.03 Å². The molecule has 0 bridgehead atoms. The first-order chi connectivity index (χ1) is 11.7. The van der Waals surface area contributed by atoms with Crippen molar-refractivity contribution in [1.82, 2.24) is 15.5 Å². The van der Waals surface area contributed by atoms with Crippen LogP contribution in [0.5, 0.6) is 0 Å². The van der Waals surface area contributed by atoms with E-state index in [0.29, 0.717) is 13.1 Å². The fourth-order valence-corrected chi connectivity index (χ4v) is 3.00. The molecule has 5 nitrogen and oxygen atoms in total. The number of benzene rings is 1. The standard InChI is InChI=1S/C18H23N3O2S/c1-2-21(13-15-7-4-3-5-8-15)14-17(22)20-18(23)19-11-10-16-9-6-12-24-16/h3-9,12H,2,10-11,13-14H2,1H3,(H2,19,20,22,23). The highest BCUT2D eigenvalue weighted by molar-refractivity contribution is 7.09. The molecule has 1 aromatic carbocycles. The minimum absolute atomic E-state index is 0.198. The van der Waals surface area contributed by atoms with Crippen molar-refractivity contribution in [1.29, 1.82) is 0 Å². The van der Waals surface area contributed by atoms with E-state index < -0.39 is 6.03 Å². The van der Waals surface area contributed by atoms with E-state index in [1.807, 2.05) is 59.7 Å². The minimum Gasteiger partial charge on any atom is -0.337 e. The number of nitrogens with one attached hydrogen (secondary N) is 2. The van der Waals surface area contributed by atoms with Crippen LogP contribution in [0.25, 0.3) is 0 Å². The summed E-state index contributed by atoms with van der Waals surface area (Å²) in [5, 5.41) is 7.10. The van der Waals surface area contributed by atoms with Gasteiger partial charge in [0.15, 0.2) is 0 Å². The van der Waals surface area contributed by atoms with Crippen LogP contribution in [0.15, 0.2) is 47.8 Å². The number of carbonyl (C=O) groups is 2. The molecule has 0 atom stereocenters. The molecule has 3 amide bonds. The number of urea groups is 1. The van der Waals surface area contributed by atoms with Crippen LogP contribution < -0.4 is 10.6 Å². The Morgan fingerprint density at radius 3 is 2.58 bits per heavy atom. The second-order valence-electron chi connectivity index (χ2n) is 5.42. The van der Waals surface area contributed by atoms with Crippen molar-refractivity contribution in [3.05, 3.63) is 58.3 Å². The molecule has 24 heavy (non-hydrogen) atoms. The average Bonchev–Trinajstić information content (AvgIpc) is 3.08. The van der Waals surface area contributed by atoms with Crippen LogP contribution in [0.3, 0.4) is 0 Å². The zero-order valence-corrected chi connectivity index (χ0v) is 14.6. The molecule has 2 rings (SSSR count). The Labute approximate surface area is 146 Å². The fourth-order valence-electron chi connectivity index (χ4n) is 2.29. The van der Waals surface area contributed by atoms with Gasteiger partial charge in [0.1, 0.15) is 0 Å².